The summed E-state index contributed by atoms with van der Waals surface area (Å²) in [6.45, 7) is 3.69. The molecule has 1 N–H and O–H groups in total. The van der Waals surface area contributed by atoms with Crippen LogP contribution in [0, 0.1) is 25.5 Å². The quantitative estimate of drug-likeness (QED) is 0.446. The third-order valence-corrected chi connectivity index (χ3v) is 5.15. The van der Waals surface area contributed by atoms with Gasteiger partial charge < -0.3 is 10.1 Å². The highest BCUT2D eigenvalue weighted by Gasteiger charge is 2.14. The van der Waals surface area contributed by atoms with E-state index in [9.17, 15) is 13.6 Å². The maximum atomic E-state index is 13.4. The van der Waals surface area contributed by atoms with Gasteiger partial charge >= 0.3 is 0 Å². The van der Waals surface area contributed by atoms with Gasteiger partial charge in [0.05, 0.1) is 11.4 Å². The molecule has 33 heavy (non-hydrogen) atoms. The van der Waals surface area contributed by atoms with Gasteiger partial charge in [0.2, 0.25) is 0 Å². The van der Waals surface area contributed by atoms with E-state index in [1.54, 1.807) is 42.1 Å². The Morgan fingerprint density at radius 2 is 1.85 bits per heavy atom. The molecule has 0 fully saturated rings. The molecular formula is C25H22F2N4O2. The van der Waals surface area contributed by atoms with Crippen molar-refractivity contribution in [2.45, 2.75) is 20.4 Å². The summed E-state index contributed by atoms with van der Waals surface area (Å²) in [4.78, 5) is 17.1. The molecule has 8 heteroatoms. The summed E-state index contributed by atoms with van der Waals surface area (Å²) in [5, 5.41) is 7.04. The van der Waals surface area contributed by atoms with E-state index in [1.165, 1.54) is 12.1 Å². The van der Waals surface area contributed by atoms with Crippen LogP contribution in [0.5, 0.6) is 11.5 Å². The van der Waals surface area contributed by atoms with Gasteiger partial charge in [0.1, 0.15) is 23.1 Å². The predicted octanol–water partition coefficient (Wildman–Crippen LogP) is 5.10. The highest BCUT2D eigenvalue weighted by molar-refractivity contribution is 5.96. The van der Waals surface area contributed by atoms with Gasteiger partial charge in [0.15, 0.2) is 0 Å². The number of halogens is 2. The zero-order chi connectivity index (χ0) is 23.5. The van der Waals surface area contributed by atoms with E-state index in [4.69, 9.17) is 4.74 Å². The van der Waals surface area contributed by atoms with Crippen molar-refractivity contribution in [1.29, 1.82) is 0 Å². The summed E-state index contributed by atoms with van der Waals surface area (Å²) >= 11 is 0. The molecular weight excluding hydrogens is 426 g/mol. The zero-order valence-electron chi connectivity index (χ0n) is 18.4. The number of amides is 1. The number of benzene rings is 2. The fourth-order valence-corrected chi connectivity index (χ4v) is 3.56. The van der Waals surface area contributed by atoms with E-state index in [2.05, 4.69) is 15.4 Å². The van der Waals surface area contributed by atoms with Crippen LogP contribution in [0.25, 0.3) is 11.3 Å². The van der Waals surface area contributed by atoms with Crippen molar-refractivity contribution < 1.29 is 18.3 Å². The third-order valence-electron chi connectivity index (χ3n) is 5.15. The summed E-state index contributed by atoms with van der Waals surface area (Å²) in [5.41, 5.74) is 3.86. The fourth-order valence-electron chi connectivity index (χ4n) is 3.56. The Labute approximate surface area is 189 Å². The topological polar surface area (TPSA) is 69.0 Å². The SMILES string of the molecule is Cc1nn(C)cc1-c1cc(Oc2cccc(C(=O)NCc3cc(F)cc(F)c3)c2C)ccn1. The van der Waals surface area contributed by atoms with Crippen LogP contribution in [0.2, 0.25) is 0 Å². The van der Waals surface area contributed by atoms with Gasteiger partial charge in [-0.2, -0.15) is 5.10 Å². The zero-order valence-corrected chi connectivity index (χ0v) is 18.4. The summed E-state index contributed by atoms with van der Waals surface area (Å²) in [7, 11) is 1.85. The minimum absolute atomic E-state index is 0.00375. The van der Waals surface area contributed by atoms with Crippen LogP contribution in [0.3, 0.4) is 0 Å². The Hall–Kier alpha value is -4.07. The first-order chi connectivity index (χ1) is 15.8. The smallest absolute Gasteiger partial charge is 0.251 e. The van der Waals surface area contributed by atoms with Crippen molar-refractivity contribution in [3.8, 4) is 22.8 Å². The van der Waals surface area contributed by atoms with Gasteiger partial charge in [0, 0.05) is 54.8 Å². The van der Waals surface area contributed by atoms with Crippen molar-refractivity contribution in [3.05, 3.63) is 94.9 Å². The van der Waals surface area contributed by atoms with E-state index >= 15 is 0 Å². The van der Waals surface area contributed by atoms with Crippen LogP contribution in [-0.2, 0) is 13.6 Å². The molecule has 4 aromatic rings. The Bertz CT molecular complexity index is 1310. The lowest BCUT2D eigenvalue weighted by molar-refractivity contribution is 0.0950. The minimum Gasteiger partial charge on any atom is -0.457 e. The molecule has 1 amide bonds. The number of nitrogens with zero attached hydrogens (tertiary/aromatic N) is 3. The molecule has 0 bridgehead atoms. The van der Waals surface area contributed by atoms with Crippen molar-refractivity contribution in [1.82, 2.24) is 20.1 Å². The maximum Gasteiger partial charge on any atom is 0.251 e. The number of ether oxygens (including phenoxy) is 1. The van der Waals surface area contributed by atoms with Gasteiger partial charge in [-0.15, -0.1) is 0 Å². The van der Waals surface area contributed by atoms with Gasteiger partial charge in [0.25, 0.3) is 5.91 Å². The van der Waals surface area contributed by atoms with E-state index in [1.807, 2.05) is 26.2 Å². The number of pyridine rings is 1. The minimum atomic E-state index is -0.691. The Morgan fingerprint density at radius 3 is 2.55 bits per heavy atom. The maximum absolute atomic E-state index is 13.4. The normalized spacial score (nSPS) is 10.8. The number of carbonyl (C=O) groups excluding carboxylic acids is 1. The molecule has 6 nitrogen and oxygen atoms in total. The fraction of sp³-hybridized carbons (Fsp3) is 0.160. The number of aromatic nitrogens is 3. The Kier molecular flexibility index (Phi) is 6.17. The monoisotopic (exact) mass is 448 g/mol. The van der Waals surface area contributed by atoms with Crippen LogP contribution in [0.15, 0.2) is 60.9 Å². The lowest BCUT2D eigenvalue weighted by atomic mass is 10.1. The average molecular weight is 448 g/mol. The van der Waals surface area contributed by atoms with Gasteiger partial charge in [-0.3, -0.25) is 14.5 Å². The lowest BCUT2D eigenvalue weighted by Crippen LogP contribution is -2.23. The average Bonchev–Trinajstić information content (AvgIpc) is 3.11. The van der Waals surface area contributed by atoms with E-state index in [0.29, 0.717) is 28.2 Å². The largest absolute Gasteiger partial charge is 0.457 e. The molecule has 0 aliphatic heterocycles. The molecule has 2 heterocycles. The van der Waals surface area contributed by atoms with Gasteiger partial charge in [-0.1, -0.05) is 6.07 Å². The standard InChI is InChI=1S/C25H22F2N4O2/c1-15-21(25(32)29-13-17-9-18(26)11-19(27)10-17)5-4-6-24(15)33-20-7-8-28-23(12-20)22-14-31(3)30-16(22)2/h4-12,14H,13H2,1-3H3,(H,29,32). The molecule has 0 atom stereocenters. The summed E-state index contributed by atoms with van der Waals surface area (Å²) in [6, 6.07) is 11.9. The highest BCUT2D eigenvalue weighted by Crippen LogP contribution is 2.30. The number of hydrogen-bond donors (Lipinski definition) is 1. The van der Waals surface area contributed by atoms with Gasteiger partial charge in [-0.05, 0) is 49.7 Å². The summed E-state index contributed by atoms with van der Waals surface area (Å²) in [6.07, 6.45) is 3.54. The van der Waals surface area contributed by atoms with Crippen molar-refractivity contribution in [3.63, 3.8) is 0 Å². The number of nitrogens with one attached hydrogen (secondary N) is 1. The molecule has 0 radical (unpaired) electrons. The second kappa shape index (κ2) is 9.20. The number of carbonyl (C=O) groups is 1. The van der Waals surface area contributed by atoms with Crippen LogP contribution >= 0.6 is 0 Å². The summed E-state index contributed by atoms with van der Waals surface area (Å²) in [5.74, 6) is -0.671. The van der Waals surface area contributed by atoms with Crippen molar-refractivity contribution >= 4 is 5.91 Å². The van der Waals surface area contributed by atoms with Crippen molar-refractivity contribution in [2.24, 2.45) is 7.05 Å². The molecule has 0 unspecified atom stereocenters. The molecule has 0 aliphatic carbocycles. The molecule has 0 saturated heterocycles. The molecule has 2 aromatic heterocycles. The molecule has 4 rings (SSSR count). The van der Waals surface area contributed by atoms with E-state index in [0.717, 1.165) is 23.0 Å². The molecule has 168 valence electrons. The number of hydrogen-bond acceptors (Lipinski definition) is 4. The second-order valence-corrected chi connectivity index (χ2v) is 7.67. The van der Waals surface area contributed by atoms with Crippen LogP contribution < -0.4 is 10.1 Å². The first-order valence-electron chi connectivity index (χ1n) is 10.3. The Morgan fingerprint density at radius 1 is 1.09 bits per heavy atom. The van der Waals surface area contributed by atoms with Crippen LogP contribution in [-0.4, -0.2) is 20.7 Å². The van der Waals surface area contributed by atoms with E-state index in [-0.39, 0.29) is 12.5 Å². The third kappa shape index (κ3) is 5.06. The Balaban J connectivity index is 1.52. The molecule has 0 aliphatic rings. The second-order valence-electron chi connectivity index (χ2n) is 7.67. The first-order valence-corrected chi connectivity index (χ1v) is 10.3. The van der Waals surface area contributed by atoms with Gasteiger partial charge in [-0.25, -0.2) is 8.78 Å². The van der Waals surface area contributed by atoms with E-state index < -0.39 is 11.6 Å². The number of aryl methyl sites for hydroxylation is 2. The summed E-state index contributed by atoms with van der Waals surface area (Å²) < 4.78 is 34.5. The number of rotatable bonds is 6. The first kappa shape index (κ1) is 22.1. The predicted molar refractivity (Wildman–Crippen MR) is 120 cm³/mol. The molecule has 2 aromatic carbocycles. The van der Waals surface area contributed by atoms with Crippen LogP contribution in [0.4, 0.5) is 8.78 Å². The van der Waals surface area contributed by atoms with Crippen LogP contribution in [0.1, 0.15) is 27.2 Å². The lowest BCUT2D eigenvalue weighted by Gasteiger charge is -2.13. The molecule has 0 spiro atoms. The van der Waals surface area contributed by atoms with Crippen molar-refractivity contribution in [2.75, 3.05) is 0 Å². The molecule has 0 saturated carbocycles. The highest BCUT2D eigenvalue weighted by atomic mass is 19.1.